The van der Waals surface area contributed by atoms with E-state index in [0.29, 0.717) is 10.7 Å². The number of nitrogens with one attached hydrogen (secondary N) is 1. The lowest BCUT2D eigenvalue weighted by molar-refractivity contribution is -0.142. The number of nitrogens with two attached hydrogens (primary N) is 1. The number of amides is 2. The van der Waals surface area contributed by atoms with Gasteiger partial charge in [0.25, 0.3) is 11.8 Å². The number of rotatable bonds is 8. The van der Waals surface area contributed by atoms with Crippen LogP contribution in [0, 0.1) is 17.5 Å². The van der Waals surface area contributed by atoms with Crippen molar-refractivity contribution in [3.05, 3.63) is 106 Å². The fraction of sp³-hybridized carbons (Fsp3) is 0.241. The van der Waals surface area contributed by atoms with E-state index < -0.39 is 89.3 Å². The van der Waals surface area contributed by atoms with Crippen LogP contribution in [0.3, 0.4) is 0 Å². The molecule has 0 saturated carbocycles. The zero-order chi connectivity index (χ0) is 32.0. The predicted octanol–water partition coefficient (Wildman–Crippen LogP) is 5.62. The third kappa shape index (κ3) is 6.12. The number of nitrogens with zero attached hydrogens (tertiary/aromatic N) is 3. The predicted molar refractivity (Wildman–Crippen MR) is 139 cm³/mol. The van der Waals surface area contributed by atoms with Crippen molar-refractivity contribution in [3.63, 3.8) is 0 Å². The lowest BCUT2D eigenvalue weighted by Gasteiger charge is -2.22. The van der Waals surface area contributed by atoms with Crippen LogP contribution in [0.5, 0.6) is 0 Å². The molecule has 0 radical (unpaired) electrons. The normalized spacial score (nSPS) is 14.7. The second kappa shape index (κ2) is 11.4. The highest BCUT2D eigenvalue weighted by atomic mass is 19.4. The van der Waals surface area contributed by atoms with E-state index in [0.717, 1.165) is 24.3 Å². The Labute approximate surface area is 243 Å². The Balaban J connectivity index is 1.55. The molecule has 2 aromatic heterocycles. The molecule has 5 rings (SSSR count). The molecule has 7 nitrogen and oxygen atoms in total. The molecular formula is C29H21F8N5O2. The number of benzene rings is 2. The van der Waals surface area contributed by atoms with E-state index in [-0.39, 0.29) is 28.8 Å². The van der Waals surface area contributed by atoms with Crippen LogP contribution in [0.25, 0.3) is 11.1 Å². The van der Waals surface area contributed by atoms with Crippen molar-refractivity contribution in [1.29, 1.82) is 0 Å². The molecule has 1 atom stereocenters. The van der Waals surface area contributed by atoms with Gasteiger partial charge < -0.3 is 11.1 Å². The van der Waals surface area contributed by atoms with Gasteiger partial charge in [-0.1, -0.05) is 12.1 Å². The van der Waals surface area contributed by atoms with Crippen LogP contribution in [-0.4, -0.2) is 26.6 Å². The van der Waals surface area contributed by atoms with Crippen molar-refractivity contribution < 1.29 is 44.7 Å². The third-order valence-electron chi connectivity index (χ3n) is 7.06. The van der Waals surface area contributed by atoms with Crippen molar-refractivity contribution in [2.75, 3.05) is 0 Å². The summed E-state index contributed by atoms with van der Waals surface area (Å²) in [5, 5.41) is 5.78. The first kappa shape index (κ1) is 30.6. The number of hydrogen-bond donors (Lipinski definition) is 2. The first-order valence-electron chi connectivity index (χ1n) is 13.0. The van der Waals surface area contributed by atoms with E-state index in [9.17, 15) is 44.7 Å². The fourth-order valence-electron chi connectivity index (χ4n) is 5.27. The minimum absolute atomic E-state index is 0.0345. The van der Waals surface area contributed by atoms with E-state index in [2.05, 4.69) is 15.4 Å². The quantitative estimate of drug-likeness (QED) is 0.249. The summed E-state index contributed by atoms with van der Waals surface area (Å²) in [4.78, 5) is 29.3. The summed E-state index contributed by atoms with van der Waals surface area (Å²) >= 11 is 0. The molecular weight excluding hydrogens is 602 g/mol. The lowest BCUT2D eigenvalue weighted by Crippen LogP contribution is -2.35. The molecule has 15 heteroatoms. The molecule has 0 saturated heterocycles. The van der Waals surface area contributed by atoms with Gasteiger partial charge in [0.1, 0.15) is 29.7 Å². The van der Waals surface area contributed by atoms with E-state index in [1.165, 1.54) is 24.4 Å². The Bertz CT molecular complexity index is 1750. The van der Waals surface area contributed by atoms with Gasteiger partial charge in [0.15, 0.2) is 5.69 Å². The molecule has 230 valence electrons. The van der Waals surface area contributed by atoms with Gasteiger partial charge in [0.05, 0.1) is 17.3 Å². The third-order valence-corrected chi connectivity index (χ3v) is 7.06. The van der Waals surface area contributed by atoms with Crippen molar-refractivity contribution in [3.8, 4) is 11.1 Å². The first-order chi connectivity index (χ1) is 20.6. The number of aromatic nitrogens is 3. The Kier molecular flexibility index (Phi) is 7.90. The van der Waals surface area contributed by atoms with Crippen molar-refractivity contribution >= 4 is 11.8 Å². The first-order valence-corrected chi connectivity index (χ1v) is 13.0. The van der Waals surface area contributed by atoms with Gasteiger partial charge in [-0.25, -0.2) is 13.2 Å². The summed E-state index contributed by atoms with van der Waals surface area (Å²) in [7, 11) is 0. The van der Waals surface area contributed by atoms with Crippen LogP contribution < -0.4 is 11.1 Å². The Morgan fingerprint density at radius 1 is 1.05 bits per heavy atom. The Morgan fingerprint density at radius 3 is 2.41 bits per heavy atom. The van der Waals surface area contributed by atoms with Gasteiger partial charge in [0, 0.05) is 29.8 Å². The highest BCUT2D eigenvalue weighted by Crippen LogP contribution is 2.46. The van der Waals surface area contributed by atoms with Gasteiger partial charge >= 0.3 is 6.18 Å². The monoisotopic (exact) mass is 623 g/mol. The fourth-order valence-corrected chi connectivity index (χ4v) is 5.27. The summed E-state index contributed by atoms with van der Waals surface area (Å²) in [6, 6.07) is 7.66. The van der Waals surface area contributed by atoms with Gasteiger partial charge in [-0.05, 0) is 54.3 Å². The van der Waals surface area contributed by atoms with Crippen LogP contribution in [0.15, 0.2) is 54.7 Å². The zero-order valence-corrected chi connectivity index (χ0v) is 22.4. The van der Waals surface area contributed by atoms with Gasteiger partial charge in [-0.15, -0.1) is 0 Å². The summed E-state index contributed by atoms with van der Waals surface area (Å²) in [5.41, 5.74) is 2.08. The minimum atomic E-state index is -5.04. The van der Waals surface area contributed by atoms with Crippen LogP contribution in [0.4, 0.5) is 35.1 Å². The average Bonchev–Trinajstić information content (AvgIpc) is 3.45. The van der Waals surface area contributed by atoms with Crippen molar-refractivity contribution in [1.82, 2.24) is 20.1 Å². The van der Waals surface area contributed by atoms with E-state index in [1.54, 1.807) is 0 Å². The van der Waals surface area contributed by atoms with Crippen molar-refractivity contribution in [2.45, 2.75) is 43.9 Å². The van der Waals surface area contributed by atoms with E-state index in [1.807, 2.05) is 0 Å². The average molecular weight is 624 g/mol. The molecule has 0 spiro atoms. The maximum atomic E-state index is 14.6. The zero-order valence-electron chi connectivity index (χ0n) is 22.4. The van der Waals surface area contributed by atoms with Crippen LogP contribution in [0.2, 0.25) is 0 Å². The lowest BCUT2D eigenvalue weighted by atomic mass is 9.94. The molecule has 44 heavy (non-hydrogen) atoms. The number of carbonyl (C=O) groups excluding carboxylic acids is 2. The molecule has 2 heterocycles. The second-order valence-electron chi connectivity index (χ2n) is 10.1. The number of carbonyl (C=O) groups is 2. The maximum Gasteiger partial charge on any atom is 0.435 e. The Hall–Kier alpha value is -4.82. The summed E-state index contributed by atoms with van der Waals surface area (Å²) in [6.07, 6.45) is -5.54. The number of hydrogen-bond acceptors (Lipinski definition) is 4. The van der Waals surface area contributed by atoms with Gasteiger partial charge in [-0.3, -0.25) is 19.3 Å². The Morgan fingerprint density at radius 2 is 1.75 bits per heavy atom. The van der Waals surface area contributed by atoms with Gasteiger partial charge in [-0.2, -0.15) is 27.1 Å². The summed E-state index contributed by atoms with van der Waals surface area (Å²) < 4.78 is 112. The standard InChI is InChI=1S/C29H21F8N5O2/c30-16-8-14(9-17(31)12-16)10-22(24-18(2-1-7-39-24)15-3-4-21(32)20(11-15)27(38)44)40-23(43)13-42-26-19(5-6-28(26,33)34)25(41-42)29(35,36)37/h1-4,7-9,11-12,22H,5-6,10,13H2,(H2,38,44)(H,40,43). The number of fused-ring (bicyclic) bond motifs is 1. The van der Waals surface area contributed by atoms with Gasteiger partial charge in [0.2, 0.25) is 5.91 Å². The topological polar surface area (TPSA) is 103 Å². The molecule has 4 aromatic rings. The number of alkyl halides is 5. The maximum absolute atomic E-state index is 14.6. The highest BCUT2D eigenvalue weighted by Gasteiger charge is 2.50. The molecule has 1 aliphatic carbocycles. The SMILES string of the molecule is NC(=O)c1cc(-c2cccnc2C(Cc2cc(F)cc(F)c2)NC(=O)Cn2nc(C(F)(F)F)c3c2C(F)(F)CC3)ccc1F. The molecule has 1 aliphatic rings. The number of primary amides is 1. The second-order valence-corrected chi connectivity index (χ2v) is 10.1. The van der Waals surface area contributed by atoms with Crippen LogP contribution in [0.1, 0.15) is 51.0 Å². The molecule has 3 N–H and O–H groups in total. The summed E-state index contributed by atoms with van der Waals surface area (Å²) in [5.74, 6) is -8.60. The molecule has 0 fully saturated rings. The summed E-state index contributed by atoms with van der Waals surface area (Å²) in [6.45, 7) is -1.05. The smallest absolute Gasteiger partial charge is 0.366 e. The van der Waals surface area contributed by atoms with Crippen LogP contribution in [-0.2, 0) is 36.3 Å². The highest BCUT2D eigenvalue weighted by molar-refractivity contribution is 5.94. The van der Waals surface area contributed by atoms with E-state index >= 15 is 0 Å². The van der Waals surface area contributed by atoms with Crippen LogP contribution >= 0.6 is 0 Å². The largest absolute Gasteiger partial charge is 0.435 e. The molecule has 0 aliphatic heterocycles. The number of pyridine rings is 1. The molecule has 1 unspecified atom stereocenters. The molecule has 0 bridgehead atoms. The molecule has 2 aromatic carbocycles. The minimum Gasteiger partial charge on any atom is -0.366 e. The molecule has 2 amide bonds. The van der Waals surface area contributed by atoms with E-state index in [4.69, 9.17) is 5.73 Å². The van der Waals surface area contributed by atoms with Crippen molar-refractivity contribution in [2.24, 2.45) is 5.73 Å². The number of halogens is 8.